The van der Waals surface area contributed by atoms with Crippen LogP contribution in [0, 0.1) is 11.8 Å². The van der Waals surface area contributed by atoms with Crippen LogP contribution in [0.15, 0.2) is 53.7 Å². The highest BCUT2D eigenvalue weighted by Crippen LogP contribution is 2.16. The zero-order valence-corrected chi connectivity index (χ0v) is 11.8. The van der Waals surface area contributed by atoms with Crippen molar-refractivity contribution in [2.45, 2.75) is 5.03 Å². The Morgan fingerprint density at radius 3 is 2.95 bits per heavy atom. The molecule has 3 nitrogen and oxygen atoms in total. The average molecular weight is 285 g/mol. The van der Waals surface area contributed by atoms with Gasteiger partial charge in [0.1, 0.15) is 12.4 Å². The molecule has 0 bridgehead atoms. The molecule has 2 aromatic rings. The fourth-order valence-corrected chi connectivity index (χ4v) is 2.23. The van der Waals surface area contributed by atoms with E-state index in [0.29, 0.717) is 6.61 Å². The van der Waals surface area contributed by atoms with Gasteiger partial charge in [-0.2, -0.15) is 0 Å². The summed E-state index contributed by atoms with van der Waals surface area (Å²) in [6.45, 7) is 0.476. The molecule has 20 heavy (non-hydrogen) atoms. The number of nitrogens with zero attached hydrogens (tertiary/aromatic N) is 1. The number of rotatable bonds is 5. The third kappa shape index (κ3) is 4.96. The molecule has 1 N–H and O–H groups in total. The molecule has 102 valence electrons. The van der Waals surface area contributed by atoms with Gasteiger partial charge in [0.05, 0.1) is 11.6 Å². The molecule has 4 heteroatoms. The van der Waals surface area contributed by atoms with E-state index in [2.05, 4.69) is 16.8 Å². The van der Waals surface area contributed by atoms with Gasteiger partial charge in [0.2, 0.25) is 0 Å². The van der Waals surface area contributed by atoms with Crippen LogP contribution < -0.4 is 4.74 Å². The fourth-order valence-electron chi connectivity index (χ4n) is 1.54. The Hall–Kier alpha value is -1.96. The first kappa shape index (κ1) is 14.4. The Bertz CT molecular complexity index is 590. The van der Waals surface area contributed by atoms with Crippen molar-refractivity contribution in [3.05, 3.63) is 54.2 Å². The van der Waals surface area contributed by atoms with Crippen molar-refractivity contribution in [3.63, 3.8) is 0 Å². The van der Waals surface area contributed by atoms with Crippen LogP contribution in [0.3, 0.4) is 0 Å². The zero-order valence-electron chi connectivity index (χ0n) is 11.0. The molecule has 1 aromatic carbocycles. The van der Waals surface area contributed by atoms with Crippen LogP contribution in [0.5, 0.6) is 5.75 Å². The molecule has 0 aliphatic carbocycles. The third-order valence-electron chi connectivity index (χ3n) is 2.39. The van der Waals surface area contributed by atoms with Gasteiger partial charge < -0.3 is 9.84 Å². The van der Waals surface area contributed by atoms with Gasteiger partial charge >= 0.3 is 0 Å². The van der Waals surface area contributed by atoms with Crippen molar-refractivity contribution in [2.24, 2.45) is 0 Å². The lowest BCUT2D eigenvalue weighted by Crippen LogP contribution is -2.00. The first-order chi connectivity index (χ1) is 9.88. The Morgan fingerprint density at radius 1 is 1.20 bits per heavy atom. The van der Waals surface area contributed by atoms with Crippen molar-refractivity contribution >= 4 is 11.8 Å². The van der Waals surface area contributed by atoms with E-state index >= 15 is 0 Å². The number of thioether (sulfide) groups is 1. The van der Waals surface area contributed by atoms with Gasteiger partial charge in [-0.05, 0) is 30.3 Å². The van der Waals surface area contributed by atoms with Gasteiger partial charge in [0.25, 0.3) is 0 Å². The summed E-state index contributed by atoms with van der Waals surface area (Å²) in [6.07, 6.45) is 1.78. The Morgan fingerprint density at radius 2 is 2.15 bits per heavy atom. The minimum atomic E-state index is -0.133. The molecule has 0 spiro atoms. The second-order valence-electron chi connectivity index (χ2n) is 3.85. The van der Waals surface area contributed by atoms with Gasteiger partial charge in [-0.15, -0.1) is 11.8 Å². The molecule has 1 heterocycles. The second kappa shape index (κ2) is 8.26. The van der Waals surface area contributed by atoms with Gasteiger partial charge in [-0.25, -0.2) is 4.98 Å². The molecule has 0 aliphatic rings. The Kier molecular flexibility index (Phi) is 5.97. The summed E-state index contributed by atoms with van der Waals surface area (Å²) in [5.74, 6) is 7.10. The van der Waals surface area contributed by atoms with Crippen molar-refractivity contribution in [1.82, 2.24) is 4.98 Å². The third-order valence-corrected chi connectivity index (χ3v) is 3.29. The highest BCUT2D eigenvalue weighted by molar-refractivity contribution is 7.99. The van der Waals surface area contributed by atoms with E-state index in [1.54, 1.807) is 18.0 Å². The van der Waals surface area contributed by atoms with E-state index in [0.717, 1.165) is 22.1 Å². The molecule has 0 atom stereocenters. The molecule has 0 saturated heterocycles. The molecule has 2 rings (SSSR count). The van der Waals surface area contributed by atoms with Gasteiger partial charge in [0.15, 0.2) is 0 Å². The van der Waals surface area contributed by atoms with Gasteiger partial charge in [-0.1, -0.05) is 24.0 Å². The van der Waals surface area contributed by atoms with Crippen molar-refractivity contribution in [1.29, 1.82) is 0 Å². The van der Waals surface area contributed by atoms with Crippen LogP contribution in [0.4, 0.5) is 0 Å². The summed E-state index contributed by atoms with van der Waals surface area (Å²) >= 11 is 1.66. The van der Waals surface area contributed by atoms with Crippen molar-refractivity contribution in [2.75, 3.05) is 19.0 Å². The average Bonchev–Trinajstić information content (AvgIpc) is 2.51. The number of aromatic nitrogens is 1. The van der Waals surface area contributed by atoms with Crippen LogP contribution in [-0.4, -0.2) is 29.1 Å². The van der Waals surface area contributed by atoms with Crippen LogP contribution in [0.1, 0.15) is 5.56 Å². The molecule has 0 unspecified atom stereocenters. The fraction of sp³-hybridized carbons (Fsp3) is 0.188. The van der Waals surface area contributed by atoms with Crippen LogP contribution in [-0.2, 0) is 0 Å². The molecule has 0 amide bonds. The maximum absolute atomic E-state index is 8.66. The van der Waals surface area contributed by atoms with E-state index < -0.39 is 0 Å². The molecular weight excluding hydrogens is 270 g/mol. The Labute approximate surface area is 123 Å². The quantitative estimate of drug-likeness (QED) is 0.521. The summed E-state index contributed by atoms with van der Waals surface area (Å²) in [7, 11) is 0. The second-order valence-corrected chi connectivity index (χ2v) is 4.97. The predicted molar refractivity (Wildman–Crippen MR) is 80.9 cm³/mol. The van der Waals surface area contributed by atoms with Gasteiger partial charge in [0, 0.05) is 17.5 Å². The van der Waals surface area contributed by atoms with Gasteiger partial charge in [-0.3, -0.25) is 0 Å². The zero-order chi connectivity index (χ0) is 14.0. The molecule has 0 radical (unpaired) electrons. The highest BCUT2D eigenvalue weighted by atomic mass is 32.2. The SMILES string of the molecule is OCC#Cc1cccc(OCCSc2ccccn2)c1. The van der Waals surface area contributed by atoms with Crippen LogP contribution >= 0.6 is 11.8 Å². The number of benzene rings is 1. The number of aliphatic hydroxyl groups is 1. The summed E-state index contributed by atoms with van der Waals surface area (Å²) < 4.78 is 5.67. The lowest BCUT2D eigenvalue weighted by Gasteiger charge is -2.06. The lowest BCUT2D eigenvalue weighted by molar-refractivity contribution is 0.344. The largest absolute Gasteiger partial charge is 0.493 e. The lowest BCUT2D eigenvalue weighted by atomic mass is 10.2. The summed E-state index contributed by atoms with van der Waals surface area (Å²) in [4.78, 5) is 4.24. The van der Waals surface area contributed by atoms with Crippen molar-refractivity contribution < 1.29 is 9.84 Å². The molecule has 0 saturated carbocycles. The topological polar surface area (TPSA) is 42.4 Å². The first-order valence-electron chi connectivity index (χ1n) is 6.25. The predicted octanol–water partition coefficient (Wildman–Crippen LogP) is 2.60. The maximum atomic E-state index is 8.66. The molecular formula is C16H15NO2S. The van der Waals surface area contributed by atoms with Crippen LogP contribution in [0.25, 0.3) is 0 Å². The van der Waals surface area contributed by atoms with E-state index in [-0.39, 0.29) is 6.61 Å². The van der Waals surface area contributed by atoms with E-state index in [1.807, 2.05) is 42.5 Å². The normalized spacial score (nSPS) is 9.65. The molecule has 0 aliphatic heterocycles. The highest BCUT2D eigenvalue weighted by Gasteiger charge is 1.97. The number of pyridine rings is 1. The summed E-state index contributed by atoms with van der Waals surface area (Å²) in [5, 5.41) is 9.66. The monoisotopic (exact) mass is 285 g/mol. The smallest absolute Gasteiger partial charge is 0.120 e. The van der Waals surface area contributed by atoms with E-state index in [4.69, 9.17) is 9.84 Å². The number of hydrogen-bond acceptors (Lipinski definition) is 4. The molecule has 0 fully saturated rings. The minimum Gasteiger partial charge on any atom is -0.493 e. The number of ether oxygens (including phenoxy) is 1. The standard InChI is InChI=1S/C16H15NO2S/c18-10-4-6-14-5-3-7-15(13-14)19-11-12-20-16-8-1-2-9-17-16/h1-3,5,7-9,13,18H,10-12H2. The minimum absolute atomic E-state index is 0.133. The maximum Gasteiger partial charge on any atom is 0.120 e. The first-order valence-corrected chi connectivity index (χ1v) is 7.23. The summed E-state index contributed by atoms with van der Waals surface area (Å²) in [5.41, 5.74) is 0.842. The summed E-state index contributed by atoms with van der Waals surface area (Å²) in [6, 6.07) is 13.4. The Balaban J connectivity index is 1.79. The van der Waals surface area contributed by atoms with Crippen LogP contribution in [0.2, 0.25) is 0 Å². The van der Waals surface area contributed by atoms with E-state index in [1.165, 1.54) is 0 Å². The van der Waals surface area contributed by atoms with Crippen molar-refractivity contribution in [3.8, 4) is 17.6 Å². The van der Waals surface area contributed by atoms with E-state index in [9.17, 15) is 0 Å². The number of aliphatic hydroxyl groups excluding tert-OH is 1. The number of hydrogen-bond donors (Lipinski definition) is 1. The molecule has 1 aromatic heterocycles.